The van der Waals surface area contributed by atoms with E-state index in [1.165, 1.54) is 96.3 Å². The molecule has 1 aliphatic rings. The first-order valence-electron chi connectivity index (χ1n) is 10.6. The third-order valence-corrected chi connectivity index (χ3v) is 5.48. The standard InChI is InChI=1S/C22H42O/c1-22(2)19-17-15-13-11-9-7-5-3-4-6-8-10-12-14-16-18-21(23)20-22/h3-20H2,1-2H3. The van der Waals surface area contributed by atoms with Crippen LogP contribution in [0.25, 0.3) is 0 Å². The highest BCUT2D eigenvalue weighted by Crippen LogP contribution is 2.29. The van der Waals surface area contributed by atoms with Gasteiger partial charge in [-0.3, -0.25) is 4.79 Å². The Hall–Kier alpha value is -0.330. The Morgan fingerprint density at radius 3 is 1.35 bits per heavy atom. The summed E-state index contributed by atoms with van der Waals surface area (Å²) >= 11 is 0. The van der Waals surface area contributed by atoms with Crippen LogP contribution in [0.3, 0.4) is 0 Å². The van der Waals surface area contributed by atoms with E-state index in [1.807, 2.05) is 0 Å². The fraction of sp³-hybridized carbons (Fsp3) is 0.955. The number of hydrogen-bond donors (Lipinski definition) is 0. The van der Waals surface area contributed by atoms with Crippen molar-refractivity contribution in [2.45, 2.75) is 129 Å². The van der Waals surface area contributed by atoms with Crippen molar-refractivity contribution >= 4 is 5.78 Å². The van der Waals surface area contributed by atoms with Crippen LogP contribution in [-0.2, 0) is 4.79 Å². The van der Waals surface area contributed by atoms with Gasteiger partial charge < -0.3 is 0 Å². The van der Waals surface area contributed by atoms with Crippen LogP contribution in [0.15, 0.2) is 0 Å². The molecule has 23 heavy (non-hydrogen) atoms. The molecule has 1 nitrogen and oxygen atoms in total. The zero-order valence-corrected chi connectivity index (χ0v) is 16.1. The number of carbonyl (C=O) groups is 1. The van der Waals surface area contributed by atoms with Gasteiger partial charge >= 0.3 is 0 Å². The molecular formula is C22H42O. The summed E-state index contributed by atoms with van der Waals surface area (Å²) in [6, 6.07) is 0. The van der Waals surface area contributed by atoms with Gasteiger partial charge in [0.15, 0.2) is 0 Å². The molecular weight excluding hydrogens is 280 g/mol. The molecule has 0 amide bonds. The summed E-state index contributed by atoms with van der Waals surface area (Å²) in [6.45, 7) is 4.58. The van der Waals surface area contributed by atoms with Crippen LogP contribution in [0.1, 0.15) is 129 Å². The molecule has 0 aliphatic heterocycles. The number of carbonyl (C=O) groups excluding carboxylic acids is 1. The fourth-order valence-corrected chi connectivity index (χ4v) is 3.93. The molecule has 1 saturated carbocycles. The van der Waals surface area contributed by atoms with Gasteiger partial charge in [-0.2, -0.15) is 0 Å². The third kappa shape index (κ3) is 12.7. The van der Waals surface area contributed by atoms with E-state index in [-0.39, 0.29) is 5.41 Å². The lowest BCUT2D eigenvalue weighted by Gasteiger charge is -2.23. The molecule has 0 heterocycles. The Kier molecular flexibility index (Phi) is 11.7. The maximum Gasteiger partial charge on any atom is 0.133 e. The van der Waals surface area contributed by atoms with Crippen molar-refractivity contribution < 1.29 is 4.79 Å². The zero-order valence-electron chi connectivity index (χ0n) is 16.1. The maximum atomic E-state index is 12.2. The van der Waals surface area contributed by atoms with Crippen molar-refractivity contribution in [1.29, 1.82) is 0 Å². The van der Waals surface area contributed by atoms with Crippen LogP contribution in [-0.4, -0.2) is 5.78 Å². The molecule has 0 N–H and O–H groups in total. The van der Waals surface area contributed by atoms with Gasteiger partial charge in [0, 0.05) is 12.8 Å². The highest BCUT2D eigenvalue weighted by Gasteiger charge is 2.21. The Morgan fingerprint density at radius 2 is 0.913 bits per heavy atom. The van der Waals surface area contributed by atoms with Gasteiger partial charge in [-0.25, -0.2) is 0 Å². The minimum absolute atomic E-state index is 0.220. The summed E-state index contributed by atoms with van der Waals surface area (Å²) < 4.78 is 0. The smallest absolute Gasteiger partial charge is 0.133 e. The van der Waals surface area contributed by atoms with Crippen molar-refractivity contribution in [3.8, 4) is 0 Å². The first-order valence-corrected chi connectivity index (χ1v) is 10.6. The minimum Gasteiger partial charge on any atom is -0.300 e. The van der Waals surface area contributed by atoms with E-state index in [9.17, 15) is 4.79 Å². The molecule has 0 saturated heterocycles. The number of hydrogen-bond acceptors (Lipinski definition) is 1. The first-order chi connectivity index (χ1) is 11.1. The van der Waals surface area contributed by atoms with Gasteiger partial charge in [0.2, 0.25) is 0 Å². The quantitative estimate of drug-likeness (QED) is 0.448. The van der Waals surface area contributed by atoms with E-state index in [4.69, 9.17) is 0 Å². The molecule has 1 rings (SSSR count). The fourth-order valence-electron chi connectivity index (χ4n) is 3.93. The SMILES string of the molecule is CC1(C)CCCCCCCCCCCCCCCCCC(=O)C1. The molecule has 0 radical (unpaired) electrons. The van der Waals surface area contributed by atoms with Gasteiger partial charge in [0.25, 0.3) is 0 Å². The van der Waals surface area contributed by atoms with Crippen LogP contribution >= 0.6 is 0 Å². The Morgan fingerprint density at radius 1 is 0.565 bits per heavy atom. The third-order valence-electron chi connectivity index (χ3n) is 5.48. The van der Waals surface area contributed by atoms with E-state index in [0.29, 0.717) is 5.78 Å². The Balaban J connectivity index is 2.27. The monoisotopic (exact) mass is 322 g/mol. The van der Waals surface area contributed by atoms with Crippen LogP contribution in [0.5, 0.6) is 0 Å². The van der Waals surface area contributed by atoms with Gasteiger partial charge in [-0.05, 0) is 18.3 Å². The predicted molar refractivity (Wildman–Crippen MR) is 102 cm³/mol. The summed E-state index contributed by atoms with van der Waals surface area (Å²) in [5, 5.41) is 0. The molecule has 0 unspecified atom stereocenters. The zero-order chi connectivity index (χ0) is 16.8. The average Bonchev–Trinajstić information content (AvgIpc) is 2.49. The van der Waals surface area contributed by atoms with Gasteiger partial charge in [-0.15, -0.1) is 0 Å². The van der Waals surface area contributed by atoms with E-state index in [1.54, 1.807) is 0 Å². The molecule has 0 spiro atoms. The number of Topliss-reactive ketones (excluding diaryl/α,β-unsaturated/α-hetero) is 1. The highest BCUT2D eigenvalue weighted by atomic mass is 16.1. The maximum absolute atomic E-state index is 12.2. The normalized spacial score (nSPS) is 24.9. The lowest BCUT2D eigenvalue weighted by Crippen LogP contribution is -2.17. The minimum atomic E-state index is 0.220. The van der Waals surface area contributed by atoms with E-state index in [0.717, 1.165) is 19.3 Å². The van der Waals surface area contributed by atoms with Crippen molar-refractivity contribution in [2.24, 2.45) is 5.41 Å². The summed E-state index contributed by atoms with van der Waals surface area (Å²) in [6.07, 6.45) is 23.4. The second kappa shape index (κ2) is 13.0. The predicted octanol–water partition coefficient (Wildman–Crippen LogP) is 7.62. The van der Waals surface area contributed by atoms with Gasteiger partial charge in [0.05, 0.1) is 0 Å². The van der Waals surface area contributed by atoms with Crippen LogP contribution in [0.4, 0.5) is 0 Å². The van der Waals surface area contributed by atoms with Crippen molar-refractivity contribution in [2.75, 3.05) is 0 Å². The molecule has 0 atom stereocenters. The topological polar surface area (TPSA) is 17.1 Å². The molecule has 1 heteroatoms. The molecule has 136 valence electrons. The average molecular weight is 323 g/mol. The van der Waals surface area contributed by atoms with Gasteiger partial charge in [-0.1, -0.05) is 104 Å². The molecule has 0 aromatic carbocycles. The van der Waals surface area contributed by atoms with Crippen molar-refractivity contribution in [1.82, 2.24) is 0 Å². The van der Waals surface area contributed by atoms with E-state index >= 15 is 0 Å². The summed E-state index contributed by atoms with van der Waals surface area (Å²) in [5.74, 6) is 0.504. The molecule has 0 aromatic heterocycles. The van der Waals surface area contributed by atoms with E-state index in [2.05, 4.69) is 13.8 Å². The van der Waals surface area contributed by atoms with Gasteiger partial charge in [0.1, 0.15) is 5.78 Å². The molecule has 1 aliphatic carbocycles. The van der Waals surface area contributed by atoms with Crippen LogP contribution in [0, 0.1) is 5.41 Å². The first kappa shape index (κ1) is 20.7. The summed E-state index contributed by atoms with van der Waals surface area (Å²) in [4.78, 5) is 12.2. The molecule has 0 bridgehead atoms. The Bertz CT molecular complexity index is 292. The Labute approximate surface area is 146 Å². The summed E-state index contributed by atoms with van der Waals surface area (Å²) in [7, 11) is 0. The van der Waals surface area contributed by atoms with E-state index < -0.39 is 0 Å². The second-order valence-electron chi connectivity index (χ2n) is 8.68. The summed E-state index contributed by atoms with van der Waals surface area (Å²) in [5.41, 5.74) is 0.220. The van der Waals surface area contributed by atoms with Crippen molar-refractivity contribution in [3.05, 3.63) is 0 Å². The number of rotatable bonds is 0. The largest absolute Gasteiger partial charge is 0.300 e. The molecule has 0 aromatic rings. The lowest BCUT2D eigenvalue weighted by molar-refractivity contribution is -0.121. The highest BCUT2D eigenvalue weighted by molar-refractivity contribution is 5.78. The van der Waals surface area contributed by atoms with Crippen LogP contribution in [0.2, 0.25) is 0 Å². The van der Waals surface area contributed by atoms with Crippen LogP contribution < -0.4 is 0 Å². The van der Waals surface area contributed by atoms with Crippen molar-refractivity contribution in [3.63, 3.8) is 0 Å². The molecule has 1 fully saturated rings. The lowest BCUT2D eigenvalue weighted by atomic mass is 9.81. The number of ketones is 1. The second-order valence-corrected chi connectivity index (χ2v) is 8.68.